The van der Waals surface area contributed by atoms with Gasteiger partial charge >= 0.3 is 0 Å². The van der Waals surface area contributed by atoms with Crippen LogP contribution in [0.25, 0.3) is 0 Å². The molecule has 0 bridgehead atoms. The standard InChI is InChI=1S/C3H7OSi/c1-4-3-5-2/h3H,1-2H3. The summed E-state index contributed by atoms with van der Waals surface area (Å²) in [5.74, 6) is 1.78. The Morgan fingerprint density at radius 3 is 2.40 bits per heavy atom. The summed E-state index contributed by atoms with van der Waals surface area (Å²) >= 11 is 0. The molecule has 0 fully saturated rings. The molecule has 2 heteroatoms. The van der Waals surface area contributed by atoms with Crippen molar-refractivity contribution in [2.75, 3.05) is 7.11 Å². The lowest BCUT2D eigenvalue weighted by molar-refractivity contribution is 0.431. The molecule has 29 valence electrons. The van der Waals surface area contributed by atoms with E-state index in [9.17, 15) is 0 Å². The second-order valence-corrected chi connectivity index (χ2v) is 1.46. The second kappa shape index (κ2) is 3.89. The molecule has 0 heterocycles. The summed E-state index contributed by atoms with van der Waals surface area (Å²) in [6.07, 6.45) is 0. The monoisotopic (exact) mass is 87.0 g/mol. The van der Waals surface area contributed by atoms with Gasteiger partial charge in [-0.1, -0.05) is 6.55 Å². The minimum atomic E-state index is 0.811. The van der Waals surface area contributed by atoms with Gasteiger partial charge in [0.25, 0.3) is 0 Å². The van der Waals surface area contributed by atoms with E-state index in [1.54, 1.807) is 13.0 Å². The summed E-state index contributed by atoms with van der Waals surface area (Å²) in [6.45, 7) is 2.06. The van der Waals surface area contributed by atoms with Gasteiger partial charge in [0.15, 0.2) is 0 Å². The molecule has 0 aliphatic carbocycles. The second-order valence-electron chi connectivity index (χ2n) is 0.642. The smallest absolute Gasteiger partial charge is 0.0759 e. The zero-order valence-electron chi connectivity index (χ0n) is 3.49. The van der Waals surface area contributed by atoms with Crippen LogP contribution in [-0.2, 0) is 4.74 Å². The lowest BCUT2D eigenvalue weighted by atomic mass is 11.5. The highest BCUT2D eigenvalue weighted by atomic mass is 28.2. The fourth-order valence-corrected chi connectivity index (χ4v) is 0.354. The Morgan fingerprint density at radius 1 is 1.80 bits per heavy atom. The van der Waals surface area contributed by atoms with E-state index in [1.807, 2.05) is 0 Å². The molecule has 0 aromatic carbocycles. The van der Waals surface area contributed by atoms with Crippen LogP contribution >= 0.6 is 0 Å². The average Bonchev–Trinajstić information content (AvgIpc) is 1.41. The van der Waals surface area contributed by atoms with Crippen molar-refractivity contribution >= 4 is 15.0 Å². The number of hydrogen-bond donors (Lipinski definition) is 0. The molecule has 0 unspecified atom stereocenters. The predicted octanol–water partition coefficient (Wildman–Crippen LogP) is 0.145. The summed E-state index contributed by atoms with van der Waals surface area (Å²) in [5.41, 5.74) is 0. The molecule has 0 N–H and O–H groups in total. The number of hydrogen-bond acceptors (Lipinski definition) is 1. The van der Waals surface area contributed by atoms with E-state index in [1.165, 1.54) is 0 Å². The number of ether oxygens (including phenoxy) is 1. The van der Waals surface area contributed by atoms with Crippen molar-refractivity contribution in [3.05, 3.63) is 0 Å². The van der Waals surface area contributed by atoms with Crippen LogP contribution in [0, 0.1) is 0 Å². The first kappa shape index (κ1) is 4.89. The maximum Gasteiger partial charge on any atom is 0.0759 e. The van der Waals surface area contributed by atoms with Crippen LogP contribution in [0.2, 0.25) is 6.55 Å². The zero-order chi connectivity index (χ0) is 4.12. The van der Waals surface area contributed by atoms with Crippen molar-refractivity contribution in [2.45, 2.75) is 6.55 Å². The van der Waals surface area contributed by atoms with Crippen molar-refractivity contribution in [3.8, 4) is 0 Å². The fraction of sp³-hybridized carbons (Fsp3) is 0.667. The number of methoxy groups -OCH3 is 1. The Kier molecular flexibility index (Phi) is 3.80. The van der Waals surface area contributed by atoms with E-state index in [-0.39, 0.29) is 0 Å². The summed E-state index contributed by atoms with van der Waals surface area (Å²) in [5, 5.41) is 0. The first-order chi connectivity index (χ1) is 2.41. The Labute approximate surface area is 34.4 Å². The van der Waals surface area contributed by atoms with Crippen LogP contribution in [0.1, 0.15) is 0 Å². The third-order valence-electron chi connectivity index (χ3n) is 0.236. The number of rotatable bonds is 1. The van der Waals surface area contributed by atoms with Crippen molar-refractivity contribution in [3.63, 3.8) is 0 Å². The van der Waals surface area contributed by atoms with Crippen molar-refractivity contribution in [2.24, 2.45) is 0 Å². The molecule has 0 aliphatic rings. The van der Waals surface area contributed by atoms with E-state index in [4.69, 9.17) is 0 Å². The van der Waals surface area contributed by atoms with E-state index in [0.717, 1.165) is 9.13 Å². The zero-order valence-corrected chi connectivity index (χ0v) is 4.49. The highest BCUT2D eigenvalue weighted by Gasteiger charge is 1.49. The van der Waals surface area contributed by atoms with Crippen LogP contribution in [0.5, 0.6) is 0 Å². The summed E-state index contributed by atoms with van der Waals surface area (Å²) in [4.78, 5) is 0. The lowest BCUT2D eigenvalue weighted by Gasteiger charge is -1.76. The van der Waals surface area contributed by atoms with Gasteiger partial charge in [-0.15, -0.1) is 0 Å². The first-order valence-corrected chi connectivity index (χ1v) is 3.01. The molecule has 5 heavy (non-hydrogen) atoms. The van der Waals surface area contributed by atoms with E-state index in [0.29, 0.717) is 0 Å². The summed E-state index contributed by atoms with van der Waals surface area (Å²) < 4.78 is 4.58. The van der Waals surface area contributed by atoms with Crippen molar-refractivity contribution in [1.29, 1.82) is 0 Å². The van der Waals surface area contributed by atoms with E-state index >= 15 is 0 Å². The van der Waals surface area contributed by atoms with Crippen molar-refractivity contribution in [1.82, 2.24) is 0 Å². The van der Waals surface area contributed by atoms with Gasteiger partial charge in [0.2, 0.25) is 0 Å². The minimum Gasteiger partial charge on any atom is -0.510 e. The molecular weight excluding hydrogens is 80.1 g/mol. The normalized spacial score (nSPS) is 9.20. The van der Waals surface area contributed by atoms with Gasteiger partial charge in [0, 0.05) is 0 Å². The molecular formula is C3H7OSi. The third kappa shape index (κ3) is 3.89. The molecule has 0 rings (SSSR count). The van der Waals surface area contributed by atoms with Crippen molar-refractivity contribution < 1.29 is 4.74 Å². The van der Waals surface area contributed by atoms with Crippen LogP contribution in [-0.4, -0.2) is 22.1 Å². The lowest BCUT2D eigenvalue weighted by Crippen LogP contribution is -1.77. The maximum absolute atomic E-state index is 4.58. The molecule has 0 aliphatic heterocycles. The van der Waals surface area contributed by atoms with Gasteiger partial charge < -0.3 is 4.74 Å². The Hall–Kier alpha value is -0.113. The molecule has 0 atom stereocenters. The quantitative estimate of drug-likeness (QED) is 0.413. The average molecular weight is 87.2 g/mol. The largest absolute Gasteiger partial charge is 0.510 e. The highest BCUT2D eigenvalue weighted by molar-refractivity contribution is 6.43. The first-order valence-electron chi connectivity index (χ1n) is 1.43. The van der Waals surface area contributed by atoms with Gasteiger partial charge in [-0.3, -0.25) is 0 Å². The Morgan fingerprint density at radius 2 is 2.40 bits per heavy atom. The molecule has 0 saturated heterocycles. The third-order valence-corrected chi connectivity index (χ3v) is 0.707. The summed E-state index contributed by atoms with van der Waals surface area (Å²) in [6, 6.07) is 0. The molecule has 0 aromatic rings. The molecule has 0 spiro atoms. The molecule has 0 aromatic heterocycles. The minimum absolute atomic E-state index is 0.811. The summed E-state index contributed by atoms with van der Waals surface area (Å²) in [7, 11) is 2.47. The van der Waals surface area contributed by atoms with Crippen LogP contribution in [0.3, 0.4) is 0 Å². The van der Waals surface area contributed by atoms with E-state index < -0.39 is 0 Å². The van der Waals surface area contributed by atoms with Crippen LogP contribution < -0.4 is 0 Å². The van der Waals surface area contributed by atoms with E-state index in [2.05, 4.69) is 11.3 Å². The SMILES string of the molecule is COC=[Si]C. The molecule has 0 saturated carbocycles. The van der Waals surface area contributed by atoms with Gasteiger partial charge in [-0.05, 0) is 0 Å². The van der Waals surface area contributed by atoms with Gasteiger partial charge in [-0.2, -0.15) is 0 Å². The molecule has 0 amide bonds. The van der Waals surface area contributed by atoms with Gasteiger partial charge in [-0.25, -0.2) is 0 Å². The van der Waals surface area contributed by atoms with Crippen LogP contribution in [0.15, 0.2) is 0 Å². The van der Waals surface area contributed by atoms with Crippen LogP contribution in [0.4, 0.5) is 0 Å². The maximum atomic E-state index is 4.58. The highest BCUT2D eigenvalue weighted by Crippen LogP contribution is 1.41. The Bertz CT molecular complexity index is 33.9. The fourth-order valence-electron chi connectivity index (χ4n) is 0.118. The van der Waals surface area contributed by atoms with Gasteiger partial charge in [0.05, 0.1) is 22.1 Å². The Balaban J connectivity index is 2.62. The predicted molar refractivity (Wildman–Crippen MR) is 24.7 cm³/mol. The topological polar surface area (TPSA) is 9.23 Å². The molecule has 1 radical (unpaired) electrons. The van der Waals surface area contributed by atoms with Gasteiger partial charge in [0.1, 0.15) is 0 Å². The molecule has 1 nitrogen and oxygen atoms in total.